The van der Waals surface area contributed by atoms with Crippen LogP contribution in [0, 0.1) is 11.3 Å². The molecule has 0 heterocycles. The number of methoxy groups -OCH3 is 1. The van der Waals surface area contributed by atoms with E-state index in [1.807, 2.05) is 6.92 Å². The van der Waals surface area contributed by atoms with Crippen molar-refractivity contribution in [3.8, 4) is 0 Å². The van der Waals surface area contributed by atoms with Gasteiger partial charge in [-0.1, -0.05) is 6.92 Å². The smallest absolute Gasteiger partial charge is 0.311 e. The molecule has 0 aromatic rings. The molecule has 0 spiro atoms. The molecule has 1 unspecified atom stereocenters. The summed E-state index contributed by atoms with van der Waals surface area (Å²) in [4.78, 5) is 22.3. The van der Waals surface area contributed by atoms with Crippen LogP contribution in [0.2, 0.25) is 0 Å². The zero-order chi connectivity index (χ0) is 11.4. The highest BCUT2D eigenvalue weighted by molar-refractivity contribution is 5.79. The second-order valence-electron chi connectivity index (χ2n) is 4.09. The number of carbonyl (C=O) groups is 2. The van der Waals surface area contributed by atoms with E-state index in [9.17, 15) is 9.59 Å². The Bertz CT molecular complexity index is 223. The number of ether oxygens (including phenoxy) is 1. The van der Waals surface area contributed by atoms with Crippen LogP contribution < -0.4 is 5.73 Å². The van der Waals surface area contributed by atoms with Crippen LogP contribution in [0.15, 0.2) is 0 Å². The van der Waals surface area contributed by atoms with Crippen LogP contribution in [0.5, 0.6) is 0 Å². The summed E-state index contributed by atoms with van der Waals surface area (Å²) < 4.78 is 4.65. The lowest BCUT2D eigenvalue weighted by Crippen LogP contribution is -2.33. The summed E-state index contributed by atoms with van der Waals surface area (Å²) in [5.41, 5.74) is 4.56. The van der Waals surface area contributed by atoms with E-state index < -0.39 is 5.41 Å². The Morgan fingerprint density at radius 2 is 1.93 bits per heavy atom. The molecule has 0 bridgehead atoms. The third kappa shape index (κ3) is 3.36. The first-order valence-electron chi connectivity index (χ1n) is 4.73. The average Bonchev–Trinajstić information content (AvgIpc) is 2.12. The lowest BCUT2D eigenvalue weighted by Gasteiger charge is -2.24. The normalized spacial score (nSPS) is 13.4. The standard InChI is InChI=1S/C10H19NO3/c1-5-7(8(11)12)6-10(2,3)9(13)14-4/h7H,5-6H2,1-4H3,(H2,11,12). The van der Waals surface area contributed by atoms with Crippen LogP contribution in [-0.2, 0) is 14.3 Å². The summed E-state index contributed by atoms with van der Waals surface area (Å²) >= 11 is 0. The van der Waals surface area contributed by atoms with Crippen molar-refractivity contribution >= 4 is 11.9 Å². The Morgan fingerprint density at radius 1 is 1.43 bits per heavy atom. The first kappa shape index (κ1) is 12.9. The fraction of sp³-hybridized carbons (Fsp3) is 0.800. The van der Waals surface area contributed by atoms with Crippen LogP contribution in [0.1, 0.15) is 33.6 Å². The SMILES string of the molecule is CCC(CC(C)(C)C(=O)OC)C(N)=O. The molecule has 2 N–H and O–H groups in total. The molecular formula is C10H19NO3. The lowest BCUT2D eigenvalue weighted by atomic mass is 9.81. The fourth-order valence-electron chi connectivity index (χ4n) is 1.42. The molecule has 82 valence electrons. The highest BCUT2D eigenvalue weighted by Crippen LogP contribution is 2.28. The van der Waals surface area contributed by atoms with Crippen molar-refractivity contribution in [1.29, 1.82) is 0 Å². The summed E-state index contributed by atoms with van der Waals surface area (Å²) in [5.74, 6) is -0.925. The Labute approximate surface area is 84.8 Å². The maximum Gasteiger partial charge on any atom is 0.311 e. The van der Waals surface area contributed by atoms with Gasteiger partial charge in [0, 0.05) is 5.92 Å². The largest absolute Gasteiger partial charge is 0.469 e. The molecule has 0 aromatic carbocycles. The zero-order valence-corrected chi connectivity index (χ0v) is 9.29. The molecule has 0 aliphatic rings. The monoisotopic (exact) mass is 201 g/mol. The average molecular weight is 201 g/mol. The molecule has 4 nitrogen and oxygen atoms in total. The molecule has 0 rings (SSSR count). The van der Waals surface area contributed by atoms with Gasteiger partial charge in [0.1, 0.15) is 0 Å². The molecule has 0 fully saturated rings. The number of amides is 1. The van der Waals surface area contributed by atoms with Gasteiger partial charge in [-0.2, -0.15) is 0 Å². The van der Waals surface area contributed by atoms with Gasteiger partial charge in [0.25, 0.3) is 0 Å². The molecule has 0 saturated heterocycles. The van der Waals surface area contributed by atoms with Crippen LogP contribution >= 0.6 is 0 Å². The van der Waals surface area contributed by atoms with E-state index in [4.69, 9.17) is 5.73 Å². The van der Waals surface area contributed by atoms with Gasteiger partial charge in [-0.25, -0.2) is 0 Å². The number of nitrogens with two attached hydrogens (primary N) is 1. The molecule has 4 heteroatoms. The number of rotatable bonds is 5. The van der Waals surface area contributed by atoms with E-state index in [2.05, 4.69) is 4.74 Å². The molecule has 0 aromatic heterocycles. The summed E-state index contributed by atoms with van der Waals surface area (Å²) in [6, 6.07) is 0. The van der Waals surface area contributed by atoms with Gasteiger partial charge < -0.3 is 10.5 Å². The predicted octanol–water partition coefficient (Wildman–Crippen LogP) is 1.09. The molecule has 0 aliphatic heterocycles. The van der Waals surface area contributed by atoms with Gasteiger partial charge in [0.2, 0.25) is 5.91 Å². The van der Waals surface area contributed by atoms with Crippen LogP contribution in [0.25, 0.3) is 0 Å². The minimum Gasteiger partial charge on any atom is -0.469 e. The molecular weight excluding hydrogens is 182 g/mol. The van der Waals surface area contributed by atoms with Crippen molar-refractivity contribution in [3.63, 3.8) is 0 Å². The van der Waals surface area contributed by atoms with Crippen molar-refractivity contribution in [2.24, 2.45) is 17.1 Å². The van der Waals surface area contributed by atoms with Crippen molar-refractivity contribution in [2.75, 3.05) is 7.11 Å². The fourth-order valence-corrected chi connectivity index (χ4v) is 1.42. The number of esters is 1. The second-order valence-corrected chi connectivity index (χ2v) is 4.09. The first-order valence-corrected chi connectivity index (χ1v) is 4.73. The van der Waals surface area contributed by atoms with Crippen LogP contribution in [0.4, 0.5) is 0 Å². The highest BCUT2D eigenvalue weighted by Gasteiger charge is 2.33. The Kier molecular flexibility index (Phi) is 4.60. The maximum absolute atomic E-state index is 11.3. The van der Waals surface area contributed by atoms with Gasteiger partial charge in [0.05, 0.1) is 12.5 Å². The van der Waals surface area contributed by atoms with Gasteiger partial charge >= 0.3 is 5.97 Å². The van der Waals surface area contributed by atoms with Crippen molar-refractivity contribution in [2.45, 2.75) is 33.6 Å². The molecule has 1 amide bonds. The minimum absolute atomic E-state index is 0.260. The predicted molar refractivity (Wildman–Crippen MR) is 53.4 cm³/mol. The topological polar surface area (TPSA) is 69.4 Å². The van der Waals surface area contributed by atoms with Gasteiger partial charge in [-0.05, 0) is 26.7 Å². The van der Waals surface area contributed by atoms with Gasteiger partial charge in [0.15, 0.2) is 0 Å². The Balaban J connectivity index is 4.47. The zero-order valence-electron chi connectivity index (χ0n) is 9.29. The second kappa shape index (κ2) is 4.98. The van der Waals surface area contributed by atoms with Crippen molar-refractivity contribution in [1.82, 2.24) is 0 Å². The van der Waals surface area contributed by atoms with E-state index in [0.717, 1.165) is 0 Å². The van der Waals surface area contributed by atoms with E-state index in [0.29, 0.717) is 12.8 Å². The molecule has 14 heavy (non-hydrogen) atoms. The summed E-state index contributed by atoms with van der Waals surface area (Å²) in [5, 5.41) is 0. The molecule has 0 saturated carbocycles. The molecule has 0 aliphatic carbocycles. The quantitative estimate of drug-likeness (QED) is 0.677. The van der Waals surface area contributed by atoms with Gasteiger partial charge in [-0.15, -0.1) is 0 Å². The molecule has 0 radical (unpaired) electrons. The number of hydrogen-bond acceptors (Lipinski definition) is 3. The summed E-state index contributed by atoms with van der Waals surface area (Å²) in [6.07, 6.45) is 1.08. The maximum atomic E-state index is 11.3. The van der Waals surface area contributed by atoms with E-state index in [1.165, 1.54) is 7.11 Å². The summed E-state index contributed by atoms with van der Waals surface area (Å²) in [7, 11) is 1.34. The summed E-state index contributed by atoms with van der Waals surface area (Å²) in [6.45, 7) is 5.39. The van der Waals surface area contributed by atoms with E-state index >= 15 is 0 Å². The number of hydrogen-bond donors (Lipinski definition) is 1. The van der Waals surface area contributed by atoms with E-state index in [-0.39, 0.29) is 17.8 Å². The highest BCUT2D eigenvalue weighted by atomic mass is 16.5. The van der Waals surface area contributed by atoms with Crippen LogP contribution in [0.3, 0.4) is 0 Å². The number of primary amides is 1. The Morgan fingerprint density at radius 3 is 2.21 bits per heavy atom. The minimum atomic E-state index is -0.648. The third-order valence-corrected chi connectivity index (χ3v) is 2.39. The lowest BCUT2D eigenvalue weighted by molar-refractivity contribution is -0.152. The van der Waals surface area contributed by atoms with Crippen molar-refractivity contribution in [3.05, 3.63) is 0 Å². The molecule has 1 atom stereocenters. The van der Waals surface area contributed by atoms with Gasteiger partial charge in [-0.3, -0.25) is 9.59 Å². The Hall–Kier alpha value is -1.06. The first-order chi connectivity index (χ1) is 6.35. The third-order valence-electron chi connectivity index (χ3n) is 2.39. The number of carbonyl (C=O) groups excluding carboxylic acids is 2. The van der Waals surface area contributed by atoms with E-state index in [1.54, 1.807) is 13.8 Å². The van der Waals surface area contributed by atoms with Crippen LogP contribution in [-0.4, -0.2) is 19.0 Å². The van der Waals surface area contributed by atoms with Crippen molar-refractivity contribution < 1.29 is 14.3 Å².